The van der Waals surface area contributed by atoms with E-state index < -0.39 is 29.5 Å². The van der Waals surface area contributed by atoms with E-state index in [4.69, 9.17) is 23.2 Å². The van der Waals surface area contributed by atoms with Crippen molar-refractivity contribution in [3.05, 3.63) is 318 Å². The standard InChI is InChI=1S/C21H25N3O2.C20H22ClN3O.C19H20ClN3O.C19H22N4O.C19H21N3O/c1-15-6-7-19-17(11-15)18-13-22(3)10-8-20(18)24(19)14-21(2,25)16-5-4-9-23(26)12-16;1-20(25,14-5-4-9-22-11-14)13-24-18-8-10-23(2)12-16(18)15-6-3-7-17(21)19(15)24;1-22-9-6-17-16(11-22)15-3-2-14(20)10-18(15)23(17)12-19(24)13-4-7-21-8-5-13;1-13-9-15-16-11-22(2)8-5-17(16)23(19(15)21-10-13)12-18(24)14-3-6-20-7-4-14;1-13-10-16-15-4-2-3-5-17(15)22(19(16)21-11-13)12-18(23)14-6-8-20-9-7-14/h4-7,9,11-12,25H,8,10,13-14H2,1-3H3;3-7,9,11,25H,8,10,12-13H2,1-2H3;2-5,7-8,10,19,24H,6,9,11-12H2,1H3;3-4,6-7,9-10,18,24H,5,8,11-12H2,1-2H3;6-11,18,23H,2-5,12H2,1H3. The summed E-state index contributed by atoms with van der Waals surface area (Å²) in [6.45, 7) is 20.2. The van der Waals surface area contributed by atoms with Crippen molar-refractivity contribution in [2.24, 2.45) is 0 Å². The van der Waals surface area contributed by atoms with E-state index >= 15 is 0 Å². The molecule has 24 heteroatoms. The lowest BCUT2D eigenvalue weighted by Gasteiger charge is -2.28. The zero-order chi connectivity index (χ0) is 85.3. The molecular weight excluding hydrogens is 1570 g/mol. The Hall–Kier alpha value is -10.6. The Kier molecular flexibility index (Phi) is 25.4. The van der Waals surface area contributed by atoms with Gasteiger partial charge in [0.15, 0.2) is 12.4 Å². The molecule has 1 aliphatic carbocycles. The molecule has 0 amide bonds. The molecule has 5 unspecified atom stereocenters. The molecule has 3 aromatic carbocycles. The van der Waals surface area contributed by atoms with Gasteiger partial charge in [0.25, 0.3) is 0 Å². The third-order valence-corrected chi connectivity index (χ3v) is 25.7. The molecule has 0 radical (unpaired) electrons. The zero-order valence-electron chi connectivity index (χ0n) is 71.2. The van der Waals surface area contributed by atoms with Crippen LogP contribution in [0.25, 0.3) is 54.8 Å². The highest BCUT2D eigenvalue weighted by molar-refractivity contribution is 6.35. The van der Waals surface area contributed by atoms with E-state index in [9.17, 15) is 30.7 Å². The molecule has 20 rings (SSSR count). The average molecular weight is 1680 g/mol. The van der Waals surface area contributed by atoms with E-state index in [0.717, 1.165) is 156 Å². The van der Waals surface area contributed by atoms with Crippen molar-refractivity contribution in [1.29, 1.82) is 0 Å². The SMILES string of the molecule is CN1CCc2c(c3ccc(Cl)cc3n2CC(O)c2ccncc2)C1.CN1CCc2c(c3cccc(Cl)c3n2CC(C)(O)c2cccnc2)C1.Cc1ccc2c(c1)c1c(n2CC(C)(O)c2ccc[n+]([O-])c2)CCN(C)C1.Cc1cnc2c(c1)c1c(n2CC(O)c2ccncc2)CCCC1.Cc1cnc2c(c1)c1c(n2CC(O)c2ccncc2)CCN(C)C1. The molecule has 22 nitrogen and oxygen atoms in total. The normalized spacial score (nSPS) is 16.6. The number of aromatic nitrogens is 12. The summed E-state index contributed by atoms with van der Waals surface area (Å²) in [5.41, 5.74) is 24.3. The number of benzene rings is 3. The Bertz CT molecular complexity index is 6220. The first-order chi connectivity index (χ1) is 58.8. The fourth-order valence-corrected chi connectivity index (χ4v) is 19.3. The molecule has 4 aliphatic heterocycles. The minimum absolute atomic E-state index is 0.426. The molecule has 0 saturated carbocycles. The summed E-state index contributed by atoms with van der Waals surface area (Å²) in [7, 11) is 8.59. The second kappa shape index (κ2) is 36.5. The molecule has 15 aromatic rings. The third-order valence-electron chi connectivity index (χ3n) is 25.1. The predicted molar refractivity (Wildman–Crippen MR) is 483 cm³/mol. The molecule has 16 heterocycles. The van der Waals surface area contributed by atoms with Crippen LogP contribution in [0.15, 0.2) is 202 Å². The highest BCUT2D eigenvalue weighted by atomic mass is 35.5. The summed E-state index contributed by atoms with van der Waals surface area (Å²) in [6.07, 6.45) is 27.4. The number of halogens is 2. The lowest BCUT2D eigenvalue weighted by Crippen LogP contribution is -2.34. The number of aryl methyl sites for hydroxylation is 4. The van der Waals surface area contributed by atoms with Crippen LogP contribution in [0.5, 0.6) is 0 Å². The van der Waals surface area contributed by atoms with Crippen LogP contribution in [0.1, 0.15) is 146 Å². The van der Waals surface area contributed by atoms with Gasteiger partial charge in [0.2, 0.25) is 0 Å². The second-order valence-corrected chi connectivity index (χ2v) is 35.3. The number of pyridine rings is 7. The van der Waals surface area contributed by atoms with E-state index in [1.165, 1.54) is 125 Å². The topological polar surface area (TPSA) is 243 Å². The van der Waals surface area contributed by atoms with Gasteiger partial charge in [-0.1, -0.05) is 59.1 Å². The van der Waals surface area contributed by atoms with Crippen molar-refractivity contribution in [3.63, 3.8) is 0 Å². The average Bonchev–Trinajstić information content (AvgIpc) is 1.67. The molecule has 0 fully saturated rings. The van der Waals surface area contributed by atoms with Gasteiger partial charge < -0.3 is 73.2 Å². The van der Waals surface area contributed by atoms with Crippen molar-refractivity contribution >= 4 is 78.0 Å². The molecule has 5 aliphatic rings. The summed E-state index contributed by atoms with van der Waals surface area (Å²) in [5, 5.41) is 73.6. The van der Waals surface area contributed by atoms with Crippen molar-refractivity contribution in [2.45, 2.75) is 174 Å². The first-order valence-electron chi connectivity index (χ1n) is 42.5. The predicted octanol–water partition coefficient (Wildman–Crippen LogP) is 15.3. The molecule has 5 N–H and O–H groups in total. The van der Waals surface area contributed by atoms with Crippen LogP contribution in [-0.2, 0) is 109 Å². The number of likely N-dealkylation sites (N-methyl/N-ethyl adjacent to an activating group) is 4. The van der Waals surface area contributed by atoms with Gasteiger partial charge in [0.05, 0.1) is 72.7 Å². The quantitative estimate of drug-likeness (QED) is 0.0473. The molecule has 12 aromatic heterocycles. The monoisotopic (exact) mass is 1680 g/mol. The van der Waals surface area contributed by atoms with Crippen LogP contribution in [0.3, 0.4) is 0 Å². The molecular formula is C98H110Cl2N16O6. The van der Waals surface area contributed by atoms with Crippen LogP contribution < -0.4 is 4.73 Å². The van der Waals surface area contributed by atoms with E-state index in [0.29, 0.717) is 38.3 Å². The summed E-state index contributed by atoms with van der Waals surface area (Å²) >= 11 is 12.8. The minimum Gasteiger partial charge on any atom is -0.619 e. The first kappa shape index (κ1) is 85.0. The molecule has 0 spiro atoms. The molecule has 5 atom stereocenters. The van der Waals surface area contributed by atoms with E-state index in [1.54, 1.807) is 62.6 Å². The van der Waals surface area contributed by atoms with Crippen LogP contribution in [-0.4, -0.2) is 152 Å². The van der Waals surface area contributed by atoms with Crippen LogP contribution in [0.2, 0.25) is 10.0 Å². The summed E-state index contributed by atoms with van der Waals surface area (Å²) in [4.78, 5) is 34.9. The number of para-hydroxylation sites is 1. The number of nitrogens with zero attached hydrogens (tertiary/aromatic N) is 16. The Morgan fingerprint density at radius 1 is 0.418 bits per heavy atom. The maximum atomic E-state index is 11.7. The number of hydrogen-bond acceptors (Lipinski definition) is 16. The molecule has 0 bridgehead atoms. The van der Waals surface area contributed by atoms with Crippen molar-refractivity contribution in [2.75, 3.05) is 54.4 Å². The minimum atomic E-state index is -1.12. The fourth-order valence-electron chi connectivity index (χ4n) is 18.8. The van der Waals surface area contributed by atoms with Crippen LogP contribution in [0.4, 0.5) is 0 Å². The van der Waals surface area contributed by atoms with E-state index in [-0.39, 0.29) is 0 Å². The van der Waals surface area contributed by atoms with E-state index in [1.807, 2.05) is 98.2 Å². The Morgan fingerprint density at radius 3 is 1.43 bits per heavy atom. The number of rotatable bonds is 15. The fraction of sp³-hybridized carbons (Fsp3) is 0.357. The number of aliphatic hydroxyl groups is 5. The summed E-state index contributed by atoms with van der Waals surface area (Å²) < 4.78 is 11.9. The number of hydrogen-bond donors (Lipinski definition) is 5. The van der Waals surface area contributed by atoms with Gasteiger partial charge >= 0.3 is 0 Å². The lowest BCUT2D eigenvalue weighted by molar-refractivity contribution is -0.606. The Balaban J connectivity index is 0.000000113. The van der Waals surface area contributed by atoms with Crippen molar-refractivity contribution < 1.29 is 30.3 Å². The maximum Gasteiger partial charge on any atom is 0.186 e. The highest BCUT2D eigenvalue weighted by Crippen LogP contribution is 2.41. The van der Waals surface area contributed by atoms with Gasteiger partial charge in [0, 0.05) is 218 Å². The summed E-state index contributed by atoms with van der Waals surface area (Å²) in [6, 6.07) is 41.6. The van der Waals surface area contributed by atoms with Crippen molar-refractivity contribution in [3.8, 4) is 0 Å². The summed E-state index contributed by atoms with van der Waals surface area (Å²) in [5.74, 6) is 0. The lowest BCUT2D eigenvalue weighted by atomic mass is 9.95. The smallest absolute Gasteiger partial charge is 0.186 e. The molecule has 0 saturated heterocycles. The zero-order valence-corrected chi connectivity index (χ0v) is 72.7. The number of fused-ring (bicyclic) bond motifs is 15. The van der Waals surface area contributed by atoms with E-state index in [2.05, 4.69) is 164 Å². The van der Waals surface area contributed by atoms with Gasteiger partial charge in [0.1, 0.15) is 22.5 Å². The molecule has 122 heavy (non-hydrogen) atoms. The molecule has 632 valence electrons. The Labute approximate surface area is 722 Å². The van der Waals surface area contributed by atoms with Gasteiger partial charge in [-0.2, -0.15) is 4.73 Å². The first-order valence-corrected chi connectivity index (χ1v) is 43.2. The van der Waals surface area contributed by atoms with Crippen LogP contribution >= 0.6 is 23.2 Å². The van der Waals surface area contributed by atoms with Gasteiger partial charge in [-0.15, -0.1) is 0 Å². The largest absolute Gasteiger partial charge is 0.619 e. The van der Waals surface area contributed by atoms with Gasteiger partial charge in [-0.05, 0) is 235 Å². The maximum absolute atomic E-state index is 11.7. The third kappa shape index (κ3) is 18.1. The van der Waals surface area contributed by atoms with Gasteiger partial charge in [-0.25, -0.2) is 9.97 Å². The second-order valence-electron chi connectivity index (χ2n) is 34.5. The Morgan fingerprint density at radius 2 is 0.877 bits per heavy atom. The highest BCUT2D eigenvalue weighted by Gasteiger charge is 2.34. The number of aliphatic hydroxyl groups excluding tert-OH is 3. The van der Waals surface area contributed by atoms with Crippen LogP contribution in [0, 0.1) is 26.0 Å². The van der Waals surface area contributed by atoms with Crippen molar-refractivity contribution in [1.82, 2.24) is 72.3 Å². The van der Waals surface area contributed by atoms with Gasteiger partial charge in [-0.3, -0.25) is 19.9 Å².